The Morgan fingerprint density at radius 3 is 2.52 bits per heavy atom. The first kappa shape index (κ1) is 17.5. The molecule has 1 amide bonds. The van der Waals surface area contributed by atoms with Crippen LogP contribution in [0.25, 0.3) is 0 Å². The molecule has 1 aromatic carbocycles. The molecule has 1 aromatic rings. The molecule has 21 heavy (non-hydrogen) atoms. The first-order chi connectivity index (χ1) is 9.73. The molecule has 0 atom stereocenters. The molecule has 0 heterocycles. The smallest absolute Gasteiger partial charge is 0.239 e. The maximum atomic E-state index is 11.8. The van der Waals surface area contributed by atoms with E-state index in [1.165, 1.54) is 11.1 Å². The number of carbonyl (C=O) groups excluding carboxylic acids is 1. The van der Waals surface area contributed by atoms with Gasteiger partial charge in [0.15, 0.2) is 0 Å². The van der Waals surface area contributed by atoms with Gasteiger partial charge in [-0.2, -0.15) is 0 Å². The minimum absolute atomic E-state index is 0.0512. The summed E-state index contributed by atoms with van der Waals surface area (Å²) in [4.78, 5) is 13.8. The maximum Gasteiger partial charge on any atom is 0.239 e. The molecule has 0 saturated carbocycles. The fraction of sp³-hybridized carbons (Fsp3) is 0.588. The van der Waals surface area contributed by atoms with Gasteiger partial charge in [-0.1, -0.05) is 17.7 Å². The van der Waals surface area contributed by atoms with Crippen LogP contribution < -0.4 is 15.5 Å². The molecule has 0 aliphatic heterocycles. The molecule has 0 aliphatic rings. The Kier molecular flexibility index (Phi) is 6.21. The molecule has 4 nitrogen and oxygen atoms in total. The number of anilines is 1. The zero-order valence-corrected chi connectivity index (χ0v) is 14.2. The molecule has 0 saturated heterocycles. The highest BCUT2D eigenvalue weighted by Gasteiger charge is 2.14. The highest BCUT2D eigenvalue weighted by Crippen LogP contribution is 2.21. The van der Waals surface area contributed by atoms with Gasteiger partial charge in [-0.05, 0) is 46.2 Å². The van der Waals surface area contributed by atoms with Crippen LogP contribution in [0.3, 0.4) is 0 Å². The van der Waals surface area contributed by atoms with Crippen LogP contribution in [0.2, 0.25) is 0 Å². The topological polar surface area (TPSA) is 44.4 Å². The van der Waals surface area contributed by atoms with Crippen molar-refractivity contribution in [1.82, 2.24) is 10.6 Å². The maximum absolute atomic E-state index is 11.8. The van der Waals surface area contributed by atoms with E-state index in [0.717, 1.165) is 12.2 Å². The Morgan fingerprint density at radius 1 is 1.29 bits per heavy atom. The van der Waals surface area contributed by atoms with Crippen molar-refractivity contribution in [1.29, 1.82) is 0 Å². The number of hydrogen-bond acceptors (Lipinski definition) is 3. The van der Waals surface area contributed by atoms with Gasteiger partial charge in [-0.25, -0.2) is 0 Å². The predicted molar refractivity (Wildman–Crippen MR) is 89.7 cm³/mol. The second-order valence-corrected chi connectivity index (χ2v) is 6.55. The second-order valence-electron chi connectivity index (χ2n) is 6.55. The van der Waals surface area contributed by atoms with Gasteiger partial charge in [0.2, 0.25) is 5.91 Å². The largest absolute Gasteiger partial charge is 0.365 e. The SMILES string of the molecule is CCNC(=O)CN(C)c1ccc(C)cc1CNC(C)(C)C. The minimum atomic E-state index is 0.0512. The summed E-state index contributed by atoms with van der Waals surface area (Å²) >= 11 is 0. The summed E-state index contributed by atoms with van der Waals surface area (Å²) < 4.78 is 0. The summed E-state index contributed by atoms with van der Waals surface area (Å²) in [7, 11) is 1.96. The Hall–Kier alpha value is -1.55. The predicted octanol–water partition coefficient (Wildman–Crippen LogP) is 2.46. The van der Waals surface area contributed by atoms with Gasteiger partial charge in [0, 0.05) is 31.4 Å². The zero-order chi connectivity index (χ0) is 16.0. The first-order valence-electron chi connectivity index (χ1n) is 7.55. The Balaban J connectivity index is 2.87. The standard InChI is InChI=1S/C17H29N3O/c1-7-18-16(21)12-20(6)15-9-8-13(2)10-14(15)11-19-17(3,4)5/h8-10,19H,7,11-12H2,1-6H3,(H,18,21). The second kappa shape index (κ2) is 7.46. The lowest BCUT2D eigenvalue weighted by Crippen LogP contribution is -2.37. The van der Waals surface area contributed by atoms with Crippen LogP contribution in [0, 0.1) is 6.92 Å². The summed E-state index contributed by atoms with van der Waals surface area (Å²) in [6.07, 6.45) is 0. The van der Waals surface area contributed by atoms with E-state index in [0.29, 0.717) is 13.1 Å². The number of nitrogens with zero attached hydrogens (tertiary/aromatic N) is 1. The number of benzene rings is 1. The minimum Gasteiger partial charge on any atom is -0.365 e. The average Bonchev–Trinajstić information content (AvgIpc) is 2.35. The van der Waals surface area contributed by atoms with Crippen molar-refractivity contribution in [3.05, 3.63) is 29.3 Å². The van der Waals surface area contributed by atoms with Gasteiger partial charge in [-0.15, -0.1) is 0 Å². The van der Waals surface area contributed by atoms with Crippen LogP contribution in [0.15, 0.2) is 18.2 Å². The van der Waals surface area contributed by atoms with Crippen molar-refractivity contribution in [2.45, 2.75) is 46.7 Å². The van der Waals surface area contributed by atoms with Gasteiger partial charge < -0.3 is 15.5 Å². The molecule has 0 fully saturated rings. The van der Waals surface area contributed by atoms with E-state index < -0.39 is 0 Å². The van der Waals surface area contributed by atoms with E-state index in [1.54, 1.807) is 0 Å². The monoisotopic (exact) mass is 291 g/mol. The van der Waals surface area contributed by atoms with Gasteiger partial charge in [0.1, 0.15) is 0 Å². The quantitative estimate of drug-likeness (QED) is 0.846. The van der Waals surface area contributed by atoms with Crippen molar-refractivity contribution in [2.75, 3.05) is 25.0 Å². The molecule has 0 aromatic heterocycles. The number of aryl methyl sites for hydroxylation is 1. The summed E-state index contributed by atoms with van der Waals surface area (Å²) in [5.41, 5.74) is 3.62. The summed E-state index contributed by atoms with van der Waals surface area (Å²) in [5.74, 6) is 0.0512. The fourth-order valence-electron chi connectivity index (χ4n) is 2.14. The van der Waals surface area contributed by atoms with Crippen LogP contribution in [-0.4, -0.2) is 31.6 Å². The molecule has 4 heteroatoms. The van der Waals surface area contributed by atoms with Crippen molar-refractivity contribution in [3.63, 3.8) is 0 Å². The molecule has 118 valence electrons. The number of carbonyl (C=O) groups is 1. The van der Waals surface area contributed by atoms with E-state index in [9.17, 15) is 4.79 Å². The third-order valence-electron chi connectivity index (χ3n) is 3.21. The molecular weight excluding hydrogens is 262 g/mol. The zero-order valence-electron chi connectivity index (χ0n) is 14.2. The van der Waals surface area contributed by atoms with E-state index >= 15 is 0 Å². The normalized spacial score (nSPS) is 11.3. The van der Waals surface area contributed by atoms with Crippen molar-refractivity contribution in [3.8, 4) is 0 Å². The van der Waals surface area contributed by atoms with Crippen molar-refractivity contribution >= 4 is 11.6 Å². The Morgan fingerprint density at radius 2 is 1.95 bits per heavy atom. The first-order valence-corrected chi connectivity index (χ1v) is 7.55. The lowest BCUT2D eigenvalue weighted by molar-refractivity contribution is -0.119. The summed E-state index contributed by atoms with van der Waals surface area (Å²) in [6.45, 7) is 12.3. The lowest BCUT2D eigenvalue weighted by atomic mass is 10.1. The van der Waals surface area contributed by atoms with E-state index in [1.807, 2.05) is 18.9 Å². The van der Waals surface area contributed by atoms with Gasteiger partial charge >= 0.3 is 0 Å². The molecule has 0 aliphatic carbocycles. The number of likely N-dealkylation sites (N-methyl/N-ethyl adjacent to an activating group) is 2. The molecule has 0 spiro atoms. The fourth-order valence-corrected chi connectivity index (χ4v) is 2.14. The van der Waals surface area contributed by atoms with Crippen LogP contribution in [0.4, 0.5) is 5.69 Å². The van der Waals surface area contributed by atoms with E-state index in [-0.39, 0.29) is 11.4 Å². The highest BCUT2D eigenvalue weighted by molar-refractivity contribution is 5.81. The average molecular weight is 291 g/mol. The summed E-state index contributed by atoms with van der Waals surface area (Å²) in [6, 6.07) is 6.36. The van der Waals surface area contributed by atoms with Crippen LogP contribution >= 0.6 is 0 Å². The van der Waals surface area contributed by atoms with Gasteiger partial charge in [-0.3, -0.25) is 4.79 Å². The van der Waals surface area contributed by atoms with E-state index in [4.69, 9.17) is 0 Å². The number of hydrogen-bond donors (Lipinski definition) is 2. The highest BCUT2D eigenvalue weighted by atomic mass is 16.2. The van der Waals surface area contributed by atoms with Gasteiger partial charge in [0.25, 0.3) is 0 Å². The number of rotatable bonds is 6. The lowest BCUT2D eigenvalue weighted by Gasteiger charge is -2.25. The van der Waals surface area contributed by atoms with Crippen LogP contribution in [0.1, 0.15) is 38.8 Å². The van der Waals surface area contributed by atoms with Gasteiger partial charge in [0.05, 0.1) is 6.54 Å². The Bertz CT molecular complexity index is 477. The third kappa shape index (κ3) is 6.17. The number of amides is 1. The molecule has 2 N–H and O–H groups in total. The van der Waals surface area contributed by atoms with Crippen LogP contribution in [-0.2, 0) is 11.3 Å². The molecule has 0 bridgehead atoms. The third-order valence-corrected chi connectivity index (χ3v) is 3.21. The van der Waals surface area contributed by atoms with E-state index in [2.05, 4.69) is 56.5 Å². The van der Waals surface area contributed by atoms with Crippen molar-refractivity contribution in [2.24, 2.45) is 0 Å². The molecule has 1 rings (SSSR count). The van der Waals surface area contributed by atoms with Crippen molar-refractivity contribution < 1.29 is 4.79 Å². The molecule has 0 unspecified atom stereocenters. The van der Waals surface area contributed by atoms with Crippen LogP contribution in [0.5, 0.6) is 0 Å². The number of nitrogens with one attached hydrogen (secondary N) is 2. The summed E-state index contributed by atoms with van der Waals surface area (Å²) in [5, 5.41) is 6.35. The Labute approximate surface area is 128 Å². The molecule has 0 radical (unpaired) electrons. The molecular formula is C17H29N3O.